The quantitative estimate of drug-likeness (QED) is 0.725. The zero-order chi connectivity index (χ0) is 12.3. The van der Waals surface area contributed by atoms with E-state index in [1.165, 1.54) is 4.68 Å². The van der Waals surface area contributed by atoms with Crippen LogP contribution in [0.2, 0.25) is 0 Å². The van der Waals surface area contributed by atoms with Gasteiger partial charge in [-0.25, -0.2) is 9.67 Å². The predicted molar refractivity (Wildman–Crippen MR) is 60.1 cm³/mol. The molecule has 2 rings (SSSR count). The molecule has 0 amide bonds. The molecule has 0 aliphatic rings. The summed E-state index contributed by atoms with van der Waals surface area (Å²) in [5, 5.41) is 7.64. The number of imidazole rings is 1. The Morgan fingerprint density at radius 2 is 2.35 bits per heavy atom. The van der Waals surface area contributed by atoms with Gasteiger partial charge in [-0.05, 0) is 6.92 Å². The van der Waals surface area contributed by atoms with Gasteiger partial charge in [-0.2, -0.15) is 0 Å². The van der Waals surface area contributed by atoms with Crippen LogP contribution in [0.1, 0.15) is 23.2 Å². The van der Waals surface area contributed by atoms with Gasteiger partial charge in [0.15, 0.2) is 5.82 Å². The molecule has 0 radical (unpaired) electrons. The van der Waals surface area contributed by atoms with Crippen molar-refractivity contribution in [2.75, 3.05) is 0 Å². The van der Waals surface area contributed by atoms with Gasteiger partial charge >= 0.3 is 0 Å². The molecule has 17 heavy (non-hydrogen) atoms. The topological polar surface area (TPSA) is 91.6 Å². The Kier molecular flexibility index (Phi) is 3.29. The lowest BCUT2D eigenvalue weighted by Gasteiger charge is -2.03. The predicted octanol–water partition coefficient (Wildman–Crippen LogP) is -0.164. The Bertz CT molecular complexity index is 514. The van der Waals surface area contributed by atoms with Crippen molar-refractivity contribution in [1.82, 2.24) is 24.5 Å². The van der Waals surface area contributed by atoms with E-state index in [1.54, 1.807) is 23.2 Å². The fourth-order valence-corrected chi connectivity index (χ4v) is 1.54. The maximum absolute atomic E-state index is 11.9. The molecule has 0 atom stereocenters. The first-order chi connectivity index (χ1) is 8.24. The molecule has 2 aromatic heterocycles. The summed E-state index contributed by atoms with van der Waals surface area (Å²) in [6.45, 7) is 3.12. The van der Waals surface area contributed by atoms with E-state index in [0.29, 0.717) is 24.6 Å². The molecular weight excluding hydrogens is 220 g/mol. The Morgan fingerprint density at radius 1 is 1.53 bits per heavy atom. The summed E-state index contributed by atoms with van der Waals surface area (Å²) in [5.74, 6) is 0.350. The smallest absolute Gasteiger partial charge is 0.219 e. The van der Waals surface area contributed by atoms with Crippen molar-refractivity contribution in [2.24, 2.45) is 5.73 Å². The third-order valence-electron chi connectivity index (χ3n) is 2.41. The second-order valence-corrected chi connectivity index (χ2v) is 3.57. The molecule has 0 fully saturated rings. The van der Waals surface area contributed by atoms with E-state index in [1.807, 2.05) is 6.92 Å². The van der Waals surface area contributed by atoms with Crippen LogP contribution >= 0.6 is 0 Å². The maximum atomic E-state index is 11.9. The minimum Gasteiger partial charge on any atom is -0.329 e. The number of rotatable bonds is 5. The minimum absolute atomic E-state index is 0.0923. The molecule has 7 nitrogen and oxygen atoms in total. The van der Waals surface area contributed by atoms with Gasteiger partial charge in [0.25, 0.3) is 0 Å². The van der Waals surface area contributed by atoms with Crippen molar-refractivity contribution < 1.29 is 4.79 Å². The van der Waals surface area contributed by atoms with Crippen LogP contribution in [0.5, 0.6) is 0 Å². The number of hydrogen-bond acceptors (Lipinski definition) is 5. The molecule has 0 spiro atoms. The Hall–Kier alpha value is -2.02. The van der Waals surface area contributed by atoms with Crippen LogP contribution in [0.15, 0.2) is 18.6 Å². The van der Waals surface area contributed by atoms with Crippen LogP contribution in [0.4, 0.5) is 0 Å². The van der Waals surface area contributed by atoms with Crippen LogP contribution in [0.3, 0.4) is 0 Å². The summed E-state index contributed by atoms with van der Waals surface area (Å²) >= 11 is 0. The molecular formula is C10H14N6O. The highest BCUT2D eigenvalue weighted by atomic mass is 16.1. The van der Waals surface area contributed by atoms with Crippen molar-refractivity contribution in [3.63, 3.8) is 0 Å². The first kappa shape index (κ1) is 11.5. The molecule has 0 aliphatic carbocycles. The largest absolute Gasteiger partial charge is 0.329 e. The molecule has 2 aromatic rings. The highest BCUT2D eigenvalue weighted by Crippen LogP contribution is 2.01. The van der Waals surface area contributed by atoms with Crippen molar-refractivity contribution >= 4 is 5.78 Å². The van der Waals surface area contributed by atoms with Gasteiger partial charge < -0.3 is 10.3 Å². The zero-order valence-corrected chi connectivity index (χ0v) is 9.58. The minimum atomic E-state index is -0.0923. The Labute approximate surface area is 98.2 Å². The number of carbonyl (C=O) groups is 1. The number of aryl methyl sites for hydroxylation is 1. The van der Waals surface area contributed by atoms with Crippen molar-refractivity contribution in [3.8, 4) is 0 Å². The van der Waals surface area contributed by atoms with Gasteiger partial charge in [0.2, 0.25) is 5.78 Å². The number of nitrogens with two attached hydrogens (primary N) is 1. The lowest BCUT2D eigenvalue weighted by atomic mass is 10.3. The average molecular weight is 234 g/mol. The van der Waals surface area contributed by atoms with Gasteiger partial charge in [0.05, 0.1) is 11.9 Å². The third kappa shape index (κ3) is 2.39. The molecule has 0 saturated carbocycles. The maximum Gasteiger partial charge on any atom is 0.219 e. The standard InChI is InChI=1S/C10H14N6O/c1-2-15-4-3-12-10(15)9(17)7-16-6-8(5-11)13-14-16/h3-4,6H,2,5,7,11H2,1H3. The summed E-state index contributed by atoms with van der Waals surface area (Å²) < 4.78 is 3.27. The van der Waals surface area contributed by atoms with Gasteiger partial charge in [-0.1, -0.05) is 5.21 Å². The second-order valence-electron chi connectivity index (χ2n) is 3.57. The lowest BCUT2D eigenvalue weighted by molar-refractivity contribution is 0.0952. The first-order valence-electron chi connectivity index (χ1n) is 5.38. The van der Waals surface area contributed by atoms with E-state index in [2.05, 4.69) is 15.3 Å². The molecule has 2 heterocycles. The van der Waals surface area contributed by atoms with Gasteiger partial charge in [-0.15, -0.1) is 5.10 Å². The SMILES string of the molecule is CCn1ccnc1C(=O)Cn1cc(CN)nn1. The van der Waals surface area contributed by atoms with Gasteiger partial charge in [-0.3, -0.25) is 4.79 Å². The van der Waals surface area contributed by atoms with E-state index < -0.39 is 0 Å². The molecule has 90 valence electrons. The Morgan fingerprint density at radius 3 is 3.00 bits per heavy atom. The molecule has 0 bridgehead atoms. The van der Waals surface area contributed by atoms with E-state index in [-0.39, 0.29) is 12.3 Å². The van der Waals surface area contributed by atoms with Crippen molar-refractivity contribution in [3.05, 3.63) is 30.1 Å². The van der Waals surface area contributed by atoms with E-state index in [4.69, 9.17) is 5.73 Å². The summed E-state index contributed by atoms with van der Waals surface area (Å²) in [7, 11) is 0. The highest BCUT2D eigenvalue weighted by Gasteiger charge is 2.13. The summed E-state index contributed by atoms with van der Waals surface area (Å²) in [6.07, 6.45) is 5.06. The van der Waals surface area contributed by atoms with Crippen LogP contribution in [-0.2, 0) is 19.6 Å². The Balaban J connectivity index is 2.11. The normalized spacial score (nSPS) is 10.7. The zero-order valence-electron chi connectivity index (χ0n) is 9.58. The van der Waals surface area contributed by atoms with E-state index in [0.717, 1.165) is 0 Å². The third-order valence-corrected chi connectivity index (χ3v) is 2.41. The van der Waals surface area contributed by atoms with Crippen molar-refractivity contribution in [2.45, 2.75) is 26.6 Å². The molecule has 2 N–H and O–H groups in total. The molecule has 7 heteroatoms. The van der Waals surface area contributed by atoms with Crippen LogP contribution < -0.4 is 5.73 Å². The fourth-order valence-electron chi connectivity index (χ4n) is 1.54. The molecule has 0 aliphatic heterocycles. The van der Waals surface area contributed by atoms with E-state index >= 15 is 0 Å². The summed E-state index contributed by atoms with van der Waals surface area (Å²) in [5.41, 5.74) is 6.08. The number of carbonyl (C=O) groups excluding carboxylic acids is 1. The second kappa shape index (κ2) is 4.88. The molecule has 0 unspecified atom stereocenters. The average Bonchev–Trinajstić information content (AvgIpc) is 2.96. The molecule has 0 aromatic carbocycles. The van der Waals surface area contributed by atoms with Crippen LogP contribution in [0, 0.1) is 0 Å². The number of aromatic nitrogens is 5. The van der Waals surface area contributed by atoms with Crippen LogP contribution in [-0.4, -0.2) is 30.3 Å². The van der Waals surface area contributed by atoms with Crippen molar-refractivity contribution in [1.29, 1.82) is 0 Å². The first-order valence-corrected chi connectivity index (χ1v) is 5.38. The monoisotopic (exact) mass is 234 g/mol. The fraction of sp³-hybridized carbons (Fsp3) is 0.400. The van der Waals surface area contributed by atoms with Gasteiger partial charge in [0.1, 0.15) is 6.54 Å². The van der Waals surface area contributed by atoms with Gasteiger partial charge in [0, 0.05) is 25.5 Å². The van der Waals surface area contributed by atoms with E-state index in [9.17, 15) is 4.79 Å². The lowest BCUT2D eigenvalue weighted by Crippen LogP contribution is -2.16. The summed E-state index contributed by atoms with van der Waals surface area (Å²) in [6, 6.07) is 0. The number of nitrogens with zero attached hydrogens (tertiary/aromatic N) is 5. The number of hydrogen-bond donors (Lipinski definition) is 1. The molecule has 0 saturated heterocycles. The summed E-state index contributed by atoms with van der Waals surface area (Å²) in [4.78, 5) is 16.0. The number of Topliss-reactive ketones (excluding diaryl/α,β-unsaturated/α-hetero) is 1. The van der Waals surface area contributed by atoms with Crippen LogP contribution in [0.25, 0.3) is 0 Å². The number of ketones is 1. The highest BCUT2D eigenvalue weighted by molar-refractivity contribution is 5.92.